The Morgan fingerprint density at radius 2 is 2.26 bits per heavy atom. The average Bonchev–Trinajstić information content (AvgIpc) is 2.41. The molecule has 2 rings (SSSR count). The molecule has 1 heterocycles. The highest BCUT2D eigenvalue weighted by atomic mass is 35.5. The monoisotopic (exact) mass is 301 g/mol. The third-order valence-electron chi connectivity index (χ3n) is 3.50. The third kappa shape index (κ3) is 3.54. The van der Waals surface area contributed by atoms with Crippen LogP contribution in [0.3, 0.4) is 0 Å². The fourth-order valence-electron chi connectivity index (χ4n) is 2.49. The quantitative estimate of drug-likeness (QED) is 0.868. The van der Waals surface area contributed by atoms with Crippen molar-refractivity contribution in [3.05, 3.63) is 28.8 Å². The van der Waals surface area contributed by atoms with Crippen LogP contribution in [0.25, 0.3) is 0 Å². The van der Waals surface area contributed by atoms with Gasteiger partial charge < -0.3 is 10.0 Å². The van der Waals surface area contributed by atoms with Gasteiger partial charge in [0.1, 0.15) is 5.75 Å². The zero-order valence-electron chi connectivity index (χ0n) is 10.6. The molecule has 0 aliphatic carbocycles. The molecule has 19 heavy (non-hydrogen) atoms. The number of alkyl halides is 1. The maximum atomic E-state index is 12.4. The first-order valence-corrected chi connectivity index (χ1v) is 7.37. The van der Waals surface area contributed by atoms with Gasteiger partial charge >= 0.3 is 0 Å². The smallest absolute Gasteiger partial charge is 0.255 e. The van der Waals surface area contributed by atoms with Crippen LogP contribution in [-0.2, 0) is 0 Å². The van der Waals surface area contributed by atoms with E-state index in [9.17, 15) is 9.90 Å². The van der Waals surface area contributed by atoms with Gasteiger partial charge in [-0.2, -0.15) is 0 Å². The summed E-state index contributed by atoms with van der Waals surface area (Å²) in [5.41, 5.74) is 0.369. The molecular weight excluding hydrogens is 285 g/mol. The van der Waals surface area contributed by atoms with Crippen molar-refractivity contribution in [2.75, 3.05) is 19.0 Å². The number of rotatable bonds is 3. The fourth-order valence-corrected chi connectivity index (χ4v) is 2.99. The fraction of sp³-hybridized carbons (Fsp3) is 0.500. The van der Waals surface area contributed by atoms with Crippen LogP contribution >= 0.6 is 23.2 Å². The van der Waals surface area contributed by atoms with Crippen molar-refractivity contribution in [1.82, 2.24) is 4.90 Å². The normalized spacial score (nSPS) is 19.5. The van der Waals surface area contributed by atoms with Crippen LogP contribution in [0.4, 0.5) is 0 Å². The summed E-state index contributed by atoms with van der Waals surface area (Å²) in [7, 11) is 0. The molecule has 1 amide bonds. The molecule has 1 aromatic carbocycles. The molecule has 1 fully saturated rings. The Balaban J connectivity index is 2.12. The van der Waals surface area contributed by atoms with Gasteiger partial charge in [0.2, 0.25) is 0 Å². The number of nitrogens with zero attached hydrogens (tertiary/aromatic N) is 1. The number of phenols is 1. The predicted molar refractivity (Wildman–Crippen MR) is 77.1 cm³/mol. The Bertz CT molecular complexity index is 463. The minimum absolute atomic E-state index is 0.0575. The number of likely N-dealkylation sites (tertiary alicyclic amines) is 1. The first-order valence-electron chi connectivity index (χ1n) is 6.45. The lowest BCUT2D eigenvalue weighted by molar-refractivity contribution is 0.0671. The van der Waals surface area contributed by atoms with Gasteiger partial charge in [0.25, 0.3) is 5.91 Å². The molecule has 104 valence electrons. The van der Waals surface area contributed by atoms with Gasteiger partial charge in [-0.15, -0.1) is 11.6 Å². The zero-order chi connectivity index (χ0) is 13.8. The number of amides is 1. The molecule has 1 saturated heterocycles. The van der Waals surface area contributed by atoms with E-state index in [1.165, 1.54) is 12.1 Å². The van der Waals surface area contributed by atoms with E-state index in [1.54, 1.807) is 11.0 Å². The number of hydrogen-bond donors (Lipinski definition) is 1. The number of benzene rings is 1. The van der Waals surface area contributed by atoms with Crippen molar-refractivity contribution in [3.63, 3.8) is 0 Å². The number of carbonyl (C=O) groups excluding carboxylic acids is 1. The predicted octanol–water partition coefficient (Wildman–Crippen LogP) is 3.53. The summed E-state index contributed by atoms with van der Waals surface area (Å²) in [4.78, 5) is 14.2. The topological polar surface area (TPSA) is 40.5 Å². The van der Waals surface area contributed by atoms with E-state index in [-0.39, 0.29) is 11.7 Å². The maximum Gasteiger partial charge on any atom is 0.255 e. The number of halogens is 2. The van der Waals surface area contributed by atoms with E-state index in [4.69, 9.17) is 23.2 Å². The molecule has 5 heteroatoms. The van der Waals surface area contributed by atoms with Crippen molar-refractivity contribution < 1.29 is 9.90 Å². The second-order valence-corrected chi connectivity index (χ2v) is 5.69. The standard InChI is InChI=1S/C14H17Cl2NO2/c15-6-5-10-2-1-7-17(9-10)14(19)12-8-11(18)3-4-13(12)16/h3-4,8,10,18H,1-2,5-7,9H2. The zero-order valence-corrected chi connectivity index (χ0v) is 12.1. The van der Waals surface area contributed by atoms with Crippen molar-refractivity contribution >= 4 is 29.1 Å². The maximum absolute atomic E-state index is 12.4. The van der Waals surface area contributed by atoms with Gasteiger partial charge in [-0.1, -0.05) is 11.6 Å². The highest BCUT2D eigenvalue weighted by Crippen LogP contribution is 2.26. The van der Waals surface area contributed by atoms with Crippen LogP contribution < -0.4 is 0 Å². The summed E-state index contributed by atoms with van der Waals surface area (Å²) in [6.07, 6.45) is 3.03. The average molecular weight is 302 g/mol. The Kier molecular flexibility index (Phi) is 4.94. The van der Waals surface area contributed by atoms with Gasteiger partial charge in [-0.25, -0.2) is 0 Å². The molecule has 1 aliphatic rings. The summed E-state index contributed by atoms with van der Waals surface area (Å²) in [6.45, 7) is 1.46. The lowest BCUT2D eigenvalue weighted by Crippen LogP contribution is -2.40. The van der Waals surface area contributed by atoms with E-state index in [2.05, 4.69) is 0 Å². The molecule has 0 aromatic heterocycles. The first-order chi connectivity index (χ1) is 9.11. The van der Waals surface area contributed by atoms with Crippen molar-refractivity contribution in [2.45, 2.75) is 19.3 Å². The lowest BCUT2D eigenvalue weighted by Gasteiger charge is -2.32. The minimum Gasteiger partial charge on any atom is -0.508 e. The molecule has 1 aromatic rings. The third-order valence-corrected chi connectivity index (χ3v) is 4.05. The summed E-state index contributed by atoms with van der Waals surface area (Å²) in [5.74, 6) is 1.04. The van der Waals surface area contributed by atoms with Crippen molar-refractivity contribution in [2.24, 2.45) is 5.92 Å². The van der Waals surface area contributed by atoms with E-state index >= 15 is 0 Å². The molecule has 0 spiro atoms. The van der Waals surface area contributed by atoms with Crippen LogP contribution in [0, 0.1) is 5.92 Å². The van der Waals surface area contributed by atoms with E-state index in [1.807, 2.05) is 0 Å². The Labute approximate surface area is 123 Å². The first kappa shape index (κ1) is 14.5. The van der Waals surface area contributed by atoms with Crippen LogP contribution in [0.1, 0.15) is 29.6 Å². The van der Waals surface area contributed by atoms with Gasteiger partial charge in [0, 0.05) is 19.0 Å². The lowest BCUT2D eigenvalue weighted by atomic mass is 9.95. The molecular formula is C14H17Cl2NO2. The minimum atomic E-state index is -0.111. The number of piperidine rings is 1. The van der Waals surface area contributed by atoms with Crippen LogP contribution in [0.15, 0.2) is 18.2 Å². The Hall–Kier alpha value is -0.930. The Morgan fingerprint density at radius 3 is 3.00 bits per heavy atom. The highest BCUT2D eigenvalue weighted by molar-refractivity contribution is 6.33. The molecule has 0 saturated carbocycles. The summed E-state index contributed by atoms with van der Waals surface area (Å²) < 4.78 is 0. The van der Waals surface area contributed by atoms with Crippen LogP contribution in [0.2, 0.25) is 5.02 Å². The number of phenolic OH excluding ortho intramolecular Hbond substituents is 1. The van der Waals surface area contributed by atoms with Crippen LogP contribution in [-0.4, -0.2) is 34.9 Å². The molecule has 0 radical (unpaired) electrons. The Morgan fingerprint density at radius 1 is 1.47 bits per heavy atom. The summed E-state index contributed by atoms with van der Waals surface area (Å²) >= 11 is 11.8. The van der Waals surface area contributed by atoms with Gasteiger partial charge in [-0.3, -0.25) is 4.79 Å². The van der Waals surface area contributed by atoms with E-state index in [0.29, 0.717) is 22.4 Å². The molecule has 1 aliphatic heterocycles. The molecule has 1 atom stereocenters. The summed E-state index contributed by atoms with van der Waals surface area (Å²) in [5, 5.41) is 9.85. The van der Waals surface area contributed by atoms with E-state index < -0.39 is 0 Å². The number of hydrogen-bond acceptors (Lipinski definition) is 2. The van der Waals surface area contributed by atoms with E-state index in [0.717, 1.165) is 32.4 Å². The second-order valence-electron chi connectivity index (χ2n) is 4.90. The second kappa shape index (κ2) is 6.49. The van der Waals surface area contributed by atoms with Gasteiger partial charge in [0.05, 0.1) is 10.6 Å². The summed E-state index contributed by atoms with van der Waals surface area (Å²) in [6, 6.07) is 4.45. The molecule has 1 N–H and O–H groups in total. The largest absolute Gasteiger partial charge is 0.508 e. The highest BCUT2D eigenvalue weighted by Gasteiger charge is 2.25. The number of carbonyl (C=O) groups is 1. The van der Waals surface area contributed by atoms with Crippen molar-refractivity contribution in [3.8, 4) is 5.75 Å². The van der Waals surface area contributed by atoms with Crippen molar-refractivity contribution in [1.29, 1.82) is 0 Å². The SMILES string of the molecule is O=C(c1cc(O)ccc1Cl)N1CCCC(CCCl)C1. The van der Waals surface area contributed by atoms with Gasteiger partial charge in [-0.05, 0) is 43.4 Å². The molecule has 3 nitrogen and oxygen atoms in total. The molecule has 1 unspecified atom stereocenters. The number of aromatic hydroxyl groups is 1. The van der Waals surface area contributed by atoms with Crippen LogP contribution in [0.5, 0.6) is 5.75 Å². The van der Waals surface area contributed by atoms with Gasteiger partial charge in [0.15, 0.2) is 0 Å². The molecule has 0 bridgehead atoms.